The second-order valence-corrected chi connectivity index (χ2v) is 9.70. The van der Waals surface area contributed by atoms with Gasteiger partial charge in [-0.1, -0.05) is 29.8 Å². The smallest absolute Gasteiger partial charge is 0.263 e. The zero-order valence-electron chi connectivity index (χ0n) is 19.0. The number of amides is 1. The summed E-state index contributed by atoms with van der Waals surface area (Å²) in [6.45, 7) is 8.92. The first-order valence-electron chi connectivity index (χ1n) is 11.2. The van der Waals surface area contributed by atoms with Crippen LogP contribution in [0.4, 0.5) is 5.69 Å². The number of hydrogen-bond acceptors (Lipinski definition) is 6. The first-order chi connectivity index (χ1) is 16.0. The van der Waals surface area contributed by atoms with E-state index in [1.54, 1.807) is 12.1 Å². The molecule has 174 valence electrons. The minimum atomic E-state index is -0.0717. The minimum absolute atomic E-state index is 0.0717. The van der Waals surface area contributed by atoms with Crippen molar-refractivity contribution in [3.8, 4) is 5.75 Å². The van der Waals surface area contributed by atoms with Gasteiger partial charge < -0.3 is 15.0 Å². The molecular formula is C25H29ClN4O2S. The number of hydrogen-bond donors (Lipinski definition) is 1. The van der Waals surface area contributed by atoms with Gasteiger partial charge in [0.25, 0.3) is 5.91 Å². The number of aryl methyl sites for hydroxylation is 1. The number of piperazine rings is 1. The van der Waals surface area contributed by atoms with E-state index < -0.39 is 0 Å². The fourth-order valence-corrected chi connectivity index (χ4v) is 4.93. The van der Waals surface area contributed by atoms with Crippen molar-refractivity contribution in [2.75, 3.05) is 37.6 Å². The summed E-state index contributed by atoms with van der Waals surface area (Å²) < 4.78 is 5.76. The van der Waals surface area contributed by atoms with Crippen molar-refractivity contribution in [3.63, 3.8) is 0 Å². The van der Waals surface area contributed by atoms with Crippen LogP contribution in [0.15, 0.2) is 54.6 Å². The van der Waals surface area contributed by atoms with E-state index >= 15 is 0 Å². The van der Waals surface area contributed by atoms with Gasteiger partial charge in [-0.3, -0.25) is 9.69 Å². The number of nitrogens with one attached hydrogen (secondary N) is 1. The average Bonchev–Trinajstić information content (AvgIpc) is 3.23. The van der Waals surface area contributed by atoms with E-state index in [-0.39, 0.29) is 11.9 Å². The molecule has 1 aromatic heterocycles. The molecule has 0 radical (unpaired) electrons. The predicted molar refractivity (Wildman–Crippen MR) is 135 cm³/mol. The summed E-state index contributed by atoms with van der Waals surface area (Å²) in [5.41, 5.74) is 2.01. The Kier molecular flexibility index (Phi) is 7.85. The van der Waals surface area contributed by atoms with Gasteiger partial charge in [0, 0.05) is 49.5 Å². The summed E-state index contributed by atoms with van der Waals surface area (Å²) in [7, 11) is 0. The van der Waals surface area contributed by atoms with Crippen molar-refractivity contribution in [2.24, 2.45) is 0 Å². The monoisotopic (exact) mass is 484 g/mol. The fourth-order valence-electron chi connectivity index (χ4n) is 3.91. The van der Waals surface area contributed by atoms with Gasteiger partial charge in [0.15, 0.2) is 0 Å². The lowest BCUT2D eigenvalue weighted by atomic mass is 10.2. The van der Waals surface area contributed by atoms with Gasteiger partial charge in [0.2, 0.25) is 0 Å². The molecule has 1 amide bonds. The van der Waals surface area contributed by atoms with E-state index in [2.05, 4.69) is 51.3 Å². The molecule has 4 rings (SSSR count). The molecule has 1 atom stereocenters. The van der Waals surface area contributed by atoms with Crippen LogP contribution in [0, 0.1) is 6.92 Å². The van der Waals surface area contributed by atoms with E-state index in [0.29, 0.717) is 23.1 Å². The highest BCUT2D eigenvalue weighted by molar-refractivity contribution is 7.13. The maximum atomic E-state index is 12.8. The number of nitrogens with zero attached hydrogens (tertiary/aromatic N) is 3. The Hall–Kier alpha value is -2.61. The second kappa shape index (κ2) is 11.0. The SMILES string of the molecule is Cc1nc(COc2ccc(Cl)cc2)sc1C(=O)NCC(C)N1CCN(c2ccccc2)CC1. The van der Waals surface area contributed by atoms with Crippen LogP contribution >= 0.6 is 22.9 Å². The van der Waals surface area contributed by atoms with E-state index in [0.717, 1.165) is 42.6 Å². The highest BCUT2D eigenvalue weighted by Gasteiger charge is 2.22. The molecule has 2 heterocycles. The molecule has 8 heteroatoms. The third-order valence-electron chi connectivity index (χ3n) is 5.84. The lowest BCUT2D eigenvalue weighted by molar-refractivity contribution is 0.0937. The number of rotatable bonds is 8. The van der Waals surface area contributed by atoms with Crippen LogP contribution < -0.4 is 15.0 Å². The molecule has 6 nitrogen and oxygen atoms in total. The van der Waals surface area contributed by atoms with E-state index in [1.807, 2.05) is 25.1 Å². The molecule has 1 N–H and O–H groups in total. The summed E-state index contributed by atoms with van der Waals surface area (Å²) in [6.07, 6.45) is 0. The highest BCUT2D eigenvalue weighted by Crippen LogP contribution is 2.22. The lowest BCUT2D eigenvalue weighted by Gasteiger charge is -2.39. The molecule has 1 saturated heterocycles. The predicted octanol–water partition coefficient (Wildman–Crippen LogP) is 4.62. The van der Waals surface area contributed by atoms with E-state index in [1.165, 1.54) is 17.0 Å². The molecule has 3 aromatic rings. The standard InChI is InChI=1S/C25H29ClN4O2S/c1-18(29-12-14-30(15-13-29)21-6-4-3-5-7-21)16-27-25(31)24-19(2)28-23(33-24)17-32-22-10-8-20(26)9-11-22/h3-11,18H,12-17H2,1-2H3,(H,27,31). The summed E-state index contributed by atoms with van der Waals surface area (Å²) in [5.74, 6) is 0.650. The van der Waals surface area contributed by atoms with Crippen LogP contribution in [0.5, 0.6) is 5.75 Å². The van der Waals surface area contributed by atoms with E-state index in [9.17, 15) is 4.79 Å². The maximum Gasteiger partial charge on any atom is 0.263 e. The molecule has 2 aromatic carbocycles. The van der Waals surface area contributed by atoms with Crippen LogP contribution in [0.3, 0.4) is 0 Å². The van der Waals surface area contributed by atoms with E-state index in [4.69, 9.17) is 16.3 Å². The molecule has 0 bridgehead atoms. The van der Waals surface area contributed by atoms with Gasteiger partial charge in [0.05, 0.1) is 5.69 Å². The molecular weight excluding hydrogens is 456 g/mol. The van der Waals surface area contributed by atoms with Crippen LogP contribution in [0.2, 0.25) is 5.02 Å². The lowest BCUT2D eigenvalue weighted by Crippen LogP contribution is -2.52. The summed E-state index contributed by atoms with van der Waals surface area (Å²) in [4.78, 5) is 22.8. The minimum Gasteiger partial charge on any atom is -0.486 e. The highest BCUT2D eigenvalue weighted by atomic mass is 35.5. The third kappa shape index (κ3) is 6.25. The topological polar surface area (TPSA) is 57.7 Å². The fraction of sp³-hybridized carbons (Fsp3) is 0.360. The zero-order valence-corrected chi connectivity index (χ0v) is 20.5. The molecule has 0 saturated carbocycles. The molecule has 33 heavy (non-hydrogen) atoms. The molecule has 1 aliphatic rings. The Bertz CT molecular complexity index is 1050. The number of thiazole rings is 1. The Labute approximate surface area is 204 Å². The van der Waals surface area contributed by atoms with Gasteiger partial charge in [-0.15, -0.1) is 11.3 Å². The van der Waals surface area contributed by atoms with Gasteiger partial charge in [0.1, 0.15) is 22.2 Å². The number of carbonyl (C=O) groups excluding carboxylic acids is 1. The average molecular weight is 485 g/mol. The van der Waals surface area contributed by atoms with Crippen molar-refractivity contribution < 1.29 is 9.53 Å². The van der Waals surface area contributed by atoms with Gasteiger partial charge in [-0.05, 0) is 50.2 Å². The maximum absolute atomic E-state index is 12.8. The quantitative estimate of drug-likeness (QED) is 0.505. The summed E-state index contributed by atoms with van der Waals surface area (Å²) in [5, 5.41) is 4.53. The van der Waals surface area contributed by atoms with Crippen LogP contribution in [-0.2, 0) is 6.61 Å². The van der Waals surface area contributed by atoms with Crippen LogP contribution in [0.25, 0.3) is 0 Å². The Morgan fingerprint density at radius 3 is 2.52 bits per heavy atom. The summed E-state index contributed by atoms with van der Waals surface area (Å²) in [6, 6.07) is 18.0. The largest absolute Gasteiger partial charge is 0.486 e. The Morgan fingerprint density at radius 1 is 1.12 bits per heavy atom. The number of carbonyl (C=O) groups is 1. The van der Waals surface area contributed by atoms with Crippen LogP contribution in [0.1, 0.15) is 27.3 Å². The number of ether oxygens (including phenoxy) is 1. The van der Waals surface area contributed by atoms with Crippen molar-refractivity contribution in [1.82, 2.24) is 15.2 Å². The third-order valence-corrected chi connectivity index (χ3v) is 7.22. The molecule has 1 aliphatic heterocycles. The number of aromatic nitrogens is 1. The van der Waals surface area contributed by atoms with Crippen LogP contribution in [-0.4, -0.2) is 54.6 Å². The zero-order chi connectivity index (χ0) is 23.2. The van der Waals surface area contributed by atoms with Gasteiger partial charge >= 0.3 is 0 Å². The van der Waals surface area contributed by atoms with Crippen molar-refractivity contribution >= 4 is 34.5 Å². The number of anilines is 1. The first-order valence-corrected chi connectivity index (χ1v) is 12.4. The Morgan fingerprint density at radius 2 is 1.82 bits per heavy atom. The van der Waals surface area contributed by atoms with Crippen molar-refractivity contribution in [2.45, 2.75) is 26.5 Å². The van der Waals surface area contributed by atoms with Gasteiger partial charge in [-0.25, -0.2) is 4.98 Å². The van der Waals surface area contributed by atoms with Gasteiger partial charge in [-0.2, -0.15) is 0 Å². The first kappa shape index (κ1) is 23.5. The Balaban J connectivity index is 1.24. The molecule has 0 aliphatic carbocycles. The molecule has 1 unspecified atom stereocenters. The molecule has 1 fully saturated rings. The van der Waals surface area contributed by atoms with Crippen molar-refractivity contribution in [3.05, 3.63) is 75.2 Å². The normalized spacial score (nSPS) is 15.3. The number of halogens is 1. The number of para-hydroxylation sites is 1. The summed E-state index contributed by atoms with van der Waals surface area (Å²) >= 11 is 7.29. The number of benzene rings is 2. The molecule has 0 spiro atoms. The van der Waals surface area contributed by atoms with Crippen molar-refractivity contribution in [1.29, 1.82) is 0 Å². The second-order valence-electron chi connectivity index (χ2n) is 8.18.